The van der Waals surface area contributed by atoms with E-state index in [4.69, 9.17) is 5.73 Å². The largest absolute Gasteiger partial charge is 0.341 e. The summed E-state index contributed by atoms with van der Waals surface area (Å²) >= 11 is 0. The average molecular weight is 199 g/mol. The lowest BCUT2D eigenvalue weighted by Gasteiger charge is -2.35. The van der Waals surface area contributed by atoms with Crippen molar-refractivity contribution < 1.29 is 4.79 Å². The lowest BCUT2D eigenvalue weighted by molar-refractivity contribution is -0.133. The van der Waals surface area contributed by atoms with Crippen LogP contribution in [0.25, 0.3) is 0 Å². The summed E-state index contributed by atoms with van der Waals surface area (Å²) in [6.45, 7) is 3.89. The molecule has 1 rings (SSSR count). The van der Waals surface area contributed by atoms with Gasteiger partial charge in [-0.05, 0) is 39.9 Å². The molecule has 0 aromatic rings. The monoisotopic (exact) mass is 199 g/mol. The Bertz CT molecular complexity index is 198. The first-order valence-corrected chi connectivity index (χ1v) is 5.23. The number of nitrogens with zero attached hydrogens (tertiary/aromatic N) is 2. The highest BCUT2D eigenvalue weighted by Crippen LogP contribution is 2.14. The number of carbonyl (C=O) groups excluding carboxylic acids is 1. The van der Waals surface area contributed by atoms with Gasteiger partial charge in [-0.3, -0.25) is 4.79 Å². The third kappa shape index (κ3) is 2.69. The number of likely N-dealkylation sites (N-methyl/N-ethyl adjacent to an activating group) is 1. The van der Waals surface area contributed by atoms with Gasteiger partial charge in [0.2, 0.25) is 5.91 Å². The molecule has 0 radical (unpaired) electrons. The van der Waals surface area contributed by atoms with Gasteiger partial charge in [0.1, 0.15) is 0 Å². The molecule has 1 aliphatic rings. The van der Waals surface area contributed by atoms with Crippen LogP contribution in [-0.4, -0.2) is 55.0 Å². The lowest BCUT2D eigenvalue weighted by atomic mass is 10.0. The van der Waals surface area contributed by atoms with Crippen LogP contribution in [0.1, 0.15) is 19.8 Å². The van der Waals surface area contributed by atoms with Gasteiger partial charge in [-0.25, -0.2) is 0 Å². The van der Waals surface area contributed by atoms with E-state index in [9.17, 15) is 4.79 Å². The van der Waals surface area contributed by atoms with Crippen LogP contribution in [-0.2, 0) is 4.79 Å². The molecule has 1 heterocycles. The standard InChI is InChI=1S/C10H21N3O/c1-8(11)10(14)13(3)9-4-6-12(2)7-5-9/h8-9H,4-7,11H2,1-3H3/t8-/m1/s1. The van der Waals surface area contributed by atoms with Crippen molar-refractivity contribution in [1.29, 1.82) is 0 Å². The quantitative estimate of drug-likeness (QED) is 0.675. The molecule has 0 aromatic carbocycles. The van der Waals surface area contributed by atoms with E-state index in [2.05, 4.69) is 11.9 Å². The van der Waals surface area contributed by atoms with E-state index >= 15 is 0 Å². The fourth-order valence-corrected chi connectivity index (χ4v) is 1.88. The second-order valence-electron chi connectivity index (χ2n) is 4.27. The van der Waals surface area contributed by atoms with Crippen LogP contribution < -0.4 is 5.73 Å². The minimum Gasteiger partial charge on any atom is -0.341 e. The van der Waals surface area contributed by atoms with E-state index in [1.165, 1.54) is 0 Å². The molecule has 2 N–H and O–H groups in total. The maximum absolute atomic E-state index is 11.6. The summed E-state index contributed by atoms with van der Waals surface area (Å²) in [5, 5.41) is 0. The van der Waals surface area contributed by atoms with Crippen LogP contribution in [0.4, 0.5) is 0 Å². The molecule has 0 spiro atoms. The molecule has 1 amide bonds. The van der Waals surface area contributed by atoms with Crippen molar-refractivity contribution in [3.8, 4) is 0 Å². The fraction of sp³-hybridized carbons (Fsp3) is 0.900. The Morgan fingerprint density at radius 2 is 2.00 bits per heavy atom. The number of piperidine rings is 1. The van der Waals surface area contributed by atoms with Crippen molar-refractivity contribution in [2.75, 3.05) is 27.2 Å². The molecule has 0 saturated carbocycles. The molecule has 1 fully saturated rings. The summed E-state index contributed by atoms with van der Waals surface area (Å²) < 4.78 is 0. The minimum atomic E-state index is -0.375. The van der Waals surface area contributed by atoms with Crippen LogP contribution in [0.15, 0.2) is 0 Å². The van der Waals surface area contributed by atoms with Gasteiger partial charge in [-0.2, -0.15) is 0 Å². The van der Waals surface area contributed by atoms with Crippen molar-refractivity contribution >= 4 is 5.91 Å². The van der Waals surface area contributed by atoms with Crippen molar-refractivity contribution in [1.82, 2.24) is 9.80 Å². The molecular formula is C10H21N3O. The topological polar surface area (TPSA) is 49.6 Å². The Labute approximate surface area is 86.0 Å². The van der Waals surface area contributed by atoms with Gasteiger partial charge in [-0.1, -0.05) is 0 Å². The van der Waals surface area contributed by atoms with Gasteiger partial charge in [0.05, 0.1) is 6.04 Å². The Kier molecular flexibility index (Phi) is 3.89. The maximum atomic E-state index is 11.6. The van der Waals surface area contributed by atoms with Crippen molar-refractivity contribution in [3.05, 3.63) is 0 Å². The number of carbonyl (C=O) groups is 1. The molecule has 82 valence electrons. The summed E-state index contributed by atoms with van der Waals surface area (Å²) in [5.74, 6) is 0.0551. The molecule has 14 heavy (non-hydrogen) atoms. The van der Waals surface area contributed by atoms with Crippen LogP contribution >= 0.6 is 0 Å². The smallest absolute Gasteiger partial charge is 0.239 e. The number of amides is 1. The minimum absolute atomic E-state index is 0.0551. The SMILES string of the molecule is C[C@@H](N)C(=O)N(C)C1CCN(C)CC1. The van der Waals surface area contributed by atoms with Crippen molar-refractivity contribution in [3.63, 3.8) is 0 Å². The molecule has 4 heteroatoms. The fourth-order valence-electron chi connectivity index (χ4n) is 1.88. The van der Waals surface area contributed by atoms with Gasteiger partial charge in [0.25, 0.3) is 0 Å². The number of hydrogen-bond donors (Lipinski definition) is 1. The van der Waals surface area contributed by atoms with Crippen LogP contribution in [0.5, 0.6) is 0 Å². The summed E-state index contributed by atoms with van der Waals surface area (Å²) in [6.07, 6.45) is 2.12. The van der Waals surface area contributed by atoms with E-state index < -0.39 is 0 Å². The van der Waals surface area contributed by atoms with E-state index in [1.54, 1.807) is 6.92 Å². The van der Waals surface area contributed by atoms with Crippen LogP contribution in [0.2, 0.25) is 0 Å². The number of likely N-dealkylation sites (tertiary alicyclic amines) is 1. The van der Waals surface area contributed by atoms with Crippen LogP contribution in [0, 0.1) is 0 Å². The molecule has 0 aromatic heterocycles. The third-order valence-electron chi connectivity index (χ3n) is 2.97. The normalized spacial score (nSPS) is 22.0. The number of nitrogens with two attached hydrogens (primary N) is 1. The molecule has 4 nitrogen and oxygen atoms in total. The Hall–Kier alpha value is -0.610. The molecule has 1 saturated heterocycles. The maximum Gasteiger partial charge on any atom is 0.239 e. The van der Waals surface area contributed by atoms with Crippen molar-refractivity contribution in [2.24, 2.45) is 5.73 Å². The van der Waals surface area contributed by atoms with E-state index in [0.717, 1.165) is 25.9 Å². The van der Waals surface area contributed by atoms with Crippen molar-refractivity contribution in [2.45, 2.75) is 31.8 Å². The predicted octanol–water partition coefficient (Wildman–Crippen LogP) is -0.114. The zero-order chi connectivity index (χ0) is 10.7. The van der Waals surface area contributed by atoms with E-state index in [0.29, 0.717) is 6.04 Å². The first kappa shape index (κ1) is 11.5. The van der Waals surface area contributed by atoms with E-state index in [-0.39, 0.29) is 11.9 Å². The first-order valence-electron chi connectivity index (χ1n) is 5.23. The van der Waals surface area contributed by atoms with Gasteiger partial charge in [0.15, 0.2) is 0 Å². The number of rotatable bonds is 2. The Morgan fingerprint density at radius 1 is 1.50 bits per heavy atom. The molecule has 1 atom stereocenters. The summed E-state index contributed by atoms with van der Waals surface area (Å²) in [5.41, 5.74) is 5.57. The molecule has 0 unspecified atom stereocenters. The van der Waals surface area contributed by atoms with Gasteiger partial charge in [-0.15, -0.1) is 0 Å². The summed E-state index contributed by atoms with van der Waals surface area (Å²) in [7, 11) is 3.98. The highest BCUT2D eigenvalue weighted by atomic mass is 16.2. The zero-order valence-corrected chi connectivity index (χ0v) is 9.36. The molecular weight excluding hydrogens is 178 g/mol. The second-order valence-corrected chi connectivity index (χ2v) is 4.27. The molecule has 1 aliphatic heterocycles. The first-order chi connectivity index (χ1) is 6.52. The Morgan fingerprint density at radius 3 is 2.43 bits per heavy atom. The zero-order valence-electron chi connectivity index (χ0n) is 9.36. The molecule has 0 bridgehead atoms. The number of hydrogen-bond acceptors (Lipinski definition) is 3. The lowest BCUT2D eigenvalue weighted by Crippen LogP contribution is -2.49. The summed E-state index contributed by atoms with van der Waals surface area (Å²) in [4.78, 5) is 15.7. The van der Waals surface area contributed by atoms with E-state index in [1.807, 2.05) is 11.9 Å². The summed E-state index contributed by atoms with van der Waals surface area (Å²) in [6, 6.07) is 0.00403. The van der Waals surface area contributed by atoms with Crippen LogP contribution in [0.3, 0.4) is 0 Å². The molecule has 0 aliphatic carbocycles. The highest BCUT2D eigenvalue weighted by molar-refractivity contribution is 5.81. The van der Waals surface area contributed by atoms with Gasteiger partial charge >= 0.3 is 0 Å². The highest BCUT2D eigenvalue weighted by Gasteiger charge is 2.25. The third-order valence-corrected chi connectivity index (χ3v) is 2.97. The second kappa shape index (κ2) is 4.75. The predicted molar refractivity (Wildman–Crippen MR) is 56.9 cm³/mol. The van der Waals surface area contributed by atoms with Gasteiger partial charge in [0, 0.05) is 13.1 Å². The average Bonchev–Trinajstić information content (AvgIpc) is 2.16. The Balaban J connectivity index is 2.45. The van der Waals surface area contributed by atoms with Gasteiger partial charge < -0.3 is 15.5 Å².